The summed E-state index contributed by atoms with van der Waals surface area (Å²) in [4.78, 5) is 22.7. The van der Waals surface area contributed by atoms with Crippen molar-refractivity contribution in [2.45, 2.75) is 12.5 Å². The maximum Gasteiger partial charge on any atom is 0.258 e. The van der Waals surface area contributed by atoms with Crippen molar-refractivity contribution in [3.8, 4) is 5.75 Å². The zero-order valence-electron chi connectivity index (χ0n) is 11.2. The Morgan fingerprint density at radius 3 is 2.76 bits per heavy atom. The van der Waals surface area contributed by atoms with E-state index in [1.54, 1.807) is 18.2 Å². The average molecular weight is 312 g/mol. The SMILES string of the molecule is NC(=O)c1cccc(OCC(=O)NC2CCS(=O)(=O)C2)c1. The van der Waals surface area contributed by atoms with Crippen molar-refractivity contribution < 1.29 is 22.7 Å². The van der Waals surface area contributed by atoms with Crippen molar-refractivity contribution in [3.63, 3.8) is 0 Å². The topological polar surface area (TPSA) is 116 Å². The van der Waals surface area contributed by atoms with Crippen molar-refractivity contribution in [1.82, 2.24) is 5.32 Å². The molecular formula is C13H16N2O5S. The summed E-state index contributed by atoms with van der Waals surface area (Å²) in [5, 5.41) is 2.61. The van der Waals surface area contributed by atoms with E-state index in [9.17, 15) is 18.0 Å². The van der Waals surface area contributed by atoms with E-state index in [4.69, 9.17) is 10.5 Å². The van der Waals surface area contributed by atoms with Gasteiger partial charge in [0.15, 0.2) is 16.4 Å². The number of ether oxygens (including phenoxy) is 1. The van der Waals surface area contributed by atoms with Crippen molar-refractivity contribution >= 4 is 21.7 Å². The van der Waals surface area contributed by atoms with Crippen LogP contribution in [0.1, 0.15) is 16.8 Å². The fourth-order valence-electron chi connectivity index (χ4n) is 2.07. The van der Waals surface area contributed by atoms with E-state index < -0.39 is 21.7 Å². The van der Waals surface area contributed by atoms with Crippen molar-refractivity contribution in [2.75, 3.05) is 18.1 Å². The lowest BCUT2D eigenvalue weighted by molar-refractivity contribution is -0.123. The summed E-state index contributed by atoms with van der Waals surface area (Å²) in [6, 6.07) is 5.81. The average Bonchev–Trinajstić information content (AvgIpc) is 2.76. The quantitative estimate of drug-likeness (QED) is 0.758. The molecule has 1 aromatic rings. The smallest absolute Gasteiger partial charge is 0.258 e. The highest BCUT2D eigenvalue weighted by atomic mass is 32.2. The number of nitrogens with one attached hydrogen (secondary N) is 1. The predicted octanol–water partition coefficient (Wildman–Crippen LogP) is -0.532. The van der Waals surface area contributed by atoms with E-state index in [0.717, 1.165) is 0 Å². The van der Waals surface area contributed by atoms with Crippen molar-refractivity contribution in [2.24, 2.45) is 5.73 Å². The molecule has 0 bridgehead atoms. The number of carbonyl (C=O) groups excluding carboxylic acids is 2. The maximum absolute atomic E-state index is 11.7. The third-order valence-electron chi connectivity index (χ3n) is 3.09. The second-order valence-corrected chi connectivity index (χ2v) is 7.08. The van der Waals surface area contributed by atoms with Crippen LogP contribution in [0.15, 0.2) is 24.3 Å². The molecule has 1 aromatic carbocycles. The molecule has 1 atom stereocenters. The fraction of sp³-hybridized carbons (Fsp3) is 0.385. The second kappa shape index (κ2) is 6.13. The van der Waals surface area contributed by atoms with E-state index in [2.05, 4.69) is 5.32 Å². The van der Waals surface area contributed by atoms with Crippen LogP contribution >= 0.6 is 0 Å². The molecule has 8 heteroatoms. The summed E-state index contributed by atoms with van der Waals surface area (Å²) in [7, 11) is -3.03. The van der Waals surface area contributed by atoms with Crippen LogP contribution in [0.2, 0.25) is 0 Å². The van der Waals surface area contributed by atoms with Gasteiger partial charge >= 0.3 is 0 Å². The number of sulfone groups is 1. The number of hydrogen-bond acceptors (Lipinski definition) is 5. The molecule has 1 unspecified atom stereocenters. The summed E-state index contributed by atoms with van der Waals surface area (Å²) in [5.74, 6) is -0.571. The Kier molecular flexibility index (Phi) is 4.46. The Morgan fingerprint density at radius 2 is 2.14 bits per heavy atom. The minimum absolute atomic E-state index is 0.0318. The van der Waals surface area contributed by atoms with E-state index >= 15 is 0 Å². The van der Waals surface area contributed by atoms with Gasteiger partial charge in [-0.2, -0.15) is 0 Å². The highest BCUT2D eigenvalue weighted by molar-refractivity contribution is 7.91. The Labute approximate surface area is 122 Å². The molecule has 1 aliphatic rings. The molecule has 1 heterocycles. The van der Waals surface area contributed by atoms with Gasteiger partial charge in [0.2, 0.25) is 5.91 Å². The molecule has 0 saturated carbocycles. The normalized spacial score (nSPS) is 19.9. The largest absolute Gasteiger partial charge is 0.484 e. The molecule has 114 valence electrons. The van der Waals surface area contributed by atoms with Crippen LogP contribution in [0.3, 0.4) is 0 Å². The number of nitrogens with two attached hydrogens (primary N) is 1. The van der Waals surface area contributed by atoms with Gasteiger partial charge in [-0.15, -0.1) is 0 Å². The minimum atomic E-state index is -3.03. The molecule has 2 amide bonds. The van der Waals surface area contributed by atoms with E-state index in [1.807, 2.05) is 0 Å². The molecule has 0 spiro atoms. The lowest BCUT2D eigenvalue weighted by atomic mass is 10.2. The van der Waals surface area contributed by atoms with Crippen LogP contribution in [0, 0.1) is 0 Å². The minimum Gasteiger partial charge on any atom is -0.484 e. The van der Waals surface area contributed by atoms with Gasteiger partial charge in [0.1, 0.15) is 5.75 Å². The summed E-state index contributed by atoms with van der Waals surface area (Å²) < 4.78 is 27.8. The van der Waals surface area contributed by atoms with Gasteiger partial charge in [0.25, 0.3) is 5.91 Å². The Morgan fingerprint density at radius 1 is 1.38 bits per heavy atom. The predicted molar refractivity (Wildman–Crippen MR) is 75.7 cm³/mol. The van der Waals surface area contributed by atoms with Crippen LogP contribution in [-0.2, 0) is 14.6 Å². The summed E-state index contributed by atoms with van der Waals surface area (Å²) in [6.45, 7) is -0.251. The standard InChI is InChI=1S/C13H16N2O5S/c14-13(17)9-2-1-3-11(6-9)20-7-12(16)15-10-4-5-21(18,19)8-10/h1-3,6,10H,4-5,7-8H2,(H2,14,17)(H,15,16). The highest BCUT2D eigenvalue weighted by Crippen LogP contribution is 2.13. The van der Waals surface area contributed by atoms with Crippen LogP contribution in [0.5, 0.6) is 5.75 Å². The number of primary amides is 1. The first-order valence-electron chi connectivity index (χ1n) is 6.38. The molecule has 0 aromatic heterocycles. The van der Waals surface area contributed by atoms with Gasteiger partial charge in [-0.05, 0) is 24.6 Å². The third kappa shape index (κ3) is 4.45. The molecule has 2 rings (SSSR count). The van der Waals surface area contributed by atoms with Gasteiger partial charge < -0.3 is 15.8 Å². The molecule has 1 fully saturated rings. The molecule has 1 aliphatic heterocycles. The summed E-state index contributed by atoms with van der Waals surface area (Å²) >= 11 is 0. The number of hydrogen-bond donors (Lipinski definition) is 2. The second-order valence-electron chi connectivity index (χ2n) is 4.85. The van der Waals surface area contributed by atoms with Crippen LogP contribution in [0.4, 0.5) is 0 Å². The molecule has 21 heavy (non-hydrogen) atoms. The highest BCUT2D eigenvalue weighted by Gasteiger charge is 2.28. The first kappa shape index (κ1) is 15.3. The molecular weight excluding hydrogens is 296 g/mol. The first-order valence-corrected chi connectivity index (χ1v) is 8.20. The molecule has 3 N–H and O–H groups in total. The maximum atomic E-state index is 11.7. The van der Waals surface area contributed by atoms with E-state index in [-0.39, 0.29) is 29.7 Å². The summed E-state index contributed by atoms with van der Waals surface area (Å²) in [5.41, 5.74) is 5.43. The molecule has 7 nitrogen and oxygen atoms in total. The van der Waals surface area contributed by atoms with Crippen molar-refractivity contribution in [1.29, 1.82) is 0 Å². The van der Waals surface area contributed by atoms with E-state index in [1.165, 1.54) is 6.07 Å². The summed E-state index contributed by atoms with van der Waals surface area (Å²) in [6.07, 6.45) is 0.422. The number of carbonyl (C=O) groups is 2. The lowest BCUT2D eigenvalue weighted by Crippen LogP contribution is -2.38. The molecule has 0 radical (unpaired) electrons. The zero-order chi connectivity index (χ0) is 15.5. The van der Waals surface area contributed by atoms with Crippen molar-refractivity contribution in [3.05, 3.63) is 29.8 Å². The zero-order valence-corrected chi connectivity index (χ0v) is 12.1. The van der Waals surface area contributed by atoms with Gasteiger partial charge in [0, 0.05) is 11.6 Å². The number of rotatable bonds is 5. The van der Waals surface area contributed by atoms with Gasteiger partial charge in [0.05, 0.1) is 11.5 Å². The lowest BCUT2D eigenvalue weighted by Gasteiger charge is -2.11. The van der Waals surface area contributed by atoms with Crippen LogP contribution in [-0.4, -0.2) is 44.4 Å². The Balaban J connectivity index is 1.84. The number of benzene rings is 1. The fourth-order valence-corrected chi connectivity index (χ4v) is 3.74. The molecule has 0 aliphatic carbocycles. The van der Waals surface area contributed by atoms with Crippen LogP contribution < -0.4 is 15.8 Å². The molecule has 1 saturated heterocycles. The third-order valence-corrected chi connectivity index (χ3v) is 4.85. The Bertz CT molecular complexity index is 656. The van der Waals surface area contributed by atoms with Gasteiger partial charge in [-0.1, -0.05) is 6.07 Å². The van der Waals surface area contributed by atoms with Gasteiger partial charge in [-0.25, -0.2) is 8.42 Å². The van der Waals surface area contributed by atoms with Crippen LogP contribution in [0.25, 0.3) is 0 Å². The number of amides is 2. The Hall–Kier alpha value is -2.09. The first-order chi connectivity index (χ1) is 9.85. The van der Waals surface area contributed by atoms with Gasteiger partial charge in [-0.3, -0.25) is 9.59 Å². The monoisotopic (exact) mass is 312 g/mol. The van der Waals surface area contributed by atoms with E-state index in [0.29, 0.717) is 12.2 Å².